The summed E-state index contributed by atoms with van der Waals surface area (Å²) >= 11 is 0. The van der Waals surface area contributed by atoms with Crippen LogP contribution in [0.4, 0.5) is 0 Å². The van der Waals surface area contributed by atoms with Crippen molar-refractivity contribution in [2.45, 2.75) is 11.4 Å². The van der Waals surface area contributed by atoms with Gasteiger partial charge in [0.2, 0.25) is 10.0 Å². The molecule has 24 heavy (non-hydrogen) atoms. The molecule has 0 amide bonds. The molecule has 5 heteroatoms. The minimum Gasteiger partial charge on any atom is -0.457 e. The van der Waals surface area contributed by atoms with Gasteiger partial charge < -0.3 is 4.74 Å². The Balaban J connectivity index is 1.67. The van der Waals surface area contributed by atoms with Crippen LogP contribution in [0.25, 0.3) is 0 Å². The maximum absolute atomic E-state index is 12.3. The molecule has 122 valence electrons. The number of ether oxygens (including phenoxy) is 1. The van der Waals surface area contributed by atoms with Crippen LogP contribution >= 0.6 is 0 Å². The first kappa shape index (κ1) is 16.2. The molecule has 0 aliphatic heterocycles. The first-order valence-electron chi connectivity index (χ1n) is 7.50. The molecular weight excluding hydrogens is 322 g/mol. The predicted octanol–water partition coefficient (Wildman–Crippen LogP) is 3.96. The van der Waals surface area contributed by atoms with Gasteiger partial charge in [-0.15, -0.1) is 0 Å². The predicted molar refractivity (Wildman–Crippen MR) is 93.4 cm³/mol. The van der Waals surface area contributed by atoms with Crippen LogP contribution in [-0.4, -0.2) is 8.42 Å². The Morgan fingerprint density at radius 2 is 1.25 bits per heavy atom. The lowest BCUT2D eigenvalue weighted by atomic mass is 10.2. The average molecular weight is 339 g/mol. The highest BCUT2D eigenvalue weighted by Gasteiger charge is 2.13. The van der Waals surface area contributed by atoms with E-state index in [1.807, 2.05) is 60.7 Å². The fraction of sp³-hybridized carbons (Fsp3) is 0.0526. The summed E-state index contributed by atoms with van der Waals surface area (Å²) in [7, 11) is -3.55. The molecule has 3 aromatic rings. The SMILES string of the molecule is O=S(=O)(NCc1ccccc1)c1ccc(Oc2ccccc2)cc1. The number of hydrogen-bond acceptors (Lipinski definition) is 3. The minimum absolute atomic E-state index is 0.207. The Morgan fingerprint density at radius 1 is 0.708 bits per heavy atom. The highest BCUT2D eigenvalue weighted by atomic mass is 32.2. The lowest BCUT2D eigenvalue weighted by Gasteiger charge is -2.09. The fourth-order valence-corrected chi connectivity index (χ4v) is 3.19. The van der Waals surface area contributed by atoms with Crippen LogP contribution in [0.3, 0.4) is 0 Å². The largest absolute Gasteiger partial charge is 0.457 e. The summed E-state index contributed by atoms with van der Waals surface area (Å²) in [5.74, 6) is 1.29. The molecule has 0 aliphatic rings. The molecule has 0 saturated heterocycles. The molecule has 3 aromatic carbocycles. The van der Waals surface area contributed by atoms with Gasteiger partial charge in [0.25, 0.3) is 0 Å². The lowest BCUT2D eigenvalue weighted by Crippen LogP contribution is -2.23. The molecule has 0 unspecified atom stereocenters. The van der Waals surface area contributed by atoms with Gasteiger partial charge in [0.05, 0.1) is 4.90 Å². The van der Waals surface area contributed by atoms with Gasteiger partial charge in [0.1, 0.15) is 11.5 Å². The van der Waals surface area contributed by atoms with Crippen LogP contribution in [0, 0.1) is 0 Å². The van der Waals surface area contributed by atoms with Crippen molar-refractivity contribution in [3.8, 4) is 11.5 Å². The van der Waals surface area contributed by atoms with E-state index in [0.29, 0.717) is 11.5 Å². The van der Waals surface area contributed by atoms with Gasteiger partial charge in [0, 0.05) is 6.54 Å². The van der Waals surface area contributed by atoms with E-state index in [0.717, 1.165) is 5.56 Å². The monoisotopic (exact) mass is 339 g/mol. The Kier molecular flexibility index (Phi) is 4.93. The molecule has 0 spiro atoms. The molecule has 0 bridgehead atoms. The van der Waals surface area contributed by atoms with Crippen LogP contribution in [-0.2, 0) is 16.6 Å². The van der Waals surface area contributed by atoms with Crippen LogP contribution in [0.5, 0.6) is 11.5 Å². The first-order valence-corrected chi connectivity index (χ1v) is 8.98. The zero-order valence-corrected chi connectivity index (χ0v) is 13.7. The second-order valence-electron chi connectivity index (χ2n) is 5.20. The summed E-state index contributed by atoms with van der Waals surface area (Å²) < 4.78 is 32.9. The highest BCUT2D eigenvalue weighted by molar-refractivity contribution is 7.89. The third-order valence-corrected chi connectivity index (χ3v) is 4.84. The van der Waals surface area contributed by atoms with Crippen molar-refractivity contribution in [3.05, 3.63) is 90.5 Å². The van der Waals surface area contributed by atoms with Gasteiger partial charge in [0.15, 0.2) is 0 Å². The van der Waals surface area contributed by atoms with Crippen molar-refractivity contribution in [2.24, 2.45) is 0 Å². The van der Waals surface area contributed by atoms with Crippen molar-refractivity contribution < 1.29 is 13.2 Å². The molecule has 0 aromatic heterocycles. The number of sulfonamides is 1. The fourth-order valence-electron chi connectivity index (χ4n) is 2.17. The van der Waals surface area contributed by atoms with Gasteiger partial charge in [-0.2, -0.15) is 0 Å². The van der Waals surface area contributed by atoms with E-state index in [9.17, 15) is 8.42 Å². The number of nitrogens with one attached hydrogen (secondary N) is 1. The zero-order valence-electron chi connectivity index (χ0n) is 12.9. The van der Waals surface area contributed by atoms with Gasteiger partial charge in [-0.25, -0.2) is 13.1 Å². The van der Waals surface area contributed by atoms with Crippen molar-refractivity contribution >= 4 is 10.0 Å². The van der Waals surface area contributed by atoms with E-state index < -0.39 is 10.0 Å². The Bertz CT molecular complexity index is 877. The lowest BCUT2D eigenvalue weighted by molar-refractivity contribution is 0.482. The van der Waals surface area contributed by atoms with Gasteiger partial charge >= 0.3 is 0 Å². The van der Waals surface area contributed by atoms with E-state index in [1.165, 1.54) is 12.1 Å². The van der Waals surface area contributed by atoms with Gasteiger partial charge in [-0.05, 0) is 42.0 Å². The van der Waals surface area contributed by atoms with Crippen molar-refractivity contribution in [2.75, 3.05) is 0 Å². The molecule has 0 saturated carbocycles. The maximum atomic E-state index is 12.3. The zero-order chi connectivity index (χ0) is 16.8. The minimum atomic E-state index is -3.55. The smallest absolute Gasteiger partial charge is 0.240 e. The van der Waals surface area contributed by atoms with E-state index in [4.69, 9.17) is 4.74 Å². The number of rotatable bonds is 6. The van der Waals surface area contributed by atoms with Crippen molar-refractivity contribution in [1.29, 1.82) is 0 Å². The van der Waals surface area contributed by atoms with E-state index in [1.54, 1.807) is 12.1 Å². The highest BCUT2D eigenvalue weighted by Crippen LogP contribution is 2.22. The maximum Gasteiger partial charge on any atom is 0.240 e. The molecule has 3 rings (SSSR count). The first-order chi connectivity index (χ1) is 11.6. The summed E-state index contributed by atoms with van der Waals surface area (Å²) in [5, 5.41) is 0. The Morgan fingerprint density at radius 3 is 1.88 bits per heavy atom. The van der Waals surface area contributed by atoms with E-state index in [2.05, 4.69) is 4.72 Å². The van der Waals surface area contributed by atoms with Gasteiger partial charge in [-0.3, -0.25) is 0 Å². The molecule has 4 nitrogen and oxygen atoms in total. The van der Waals surface area contributed by atoms with Crippen LogP contribution < -0.4 is 9.46 Å². The summed E-state index contributed by atoms with van der Waals surface area (Å²) in [6, 6.07) is 25.1. The number of hydrogen-bond donors (Lipinski definition) is 1. The van der Waals surface area contributed by atoms with Crippen molar-refractivity contribution in [1.82, 2.24) is 4.72 Å². The van der Waals surface area contributed by atoms with E-state index in [-0.39, 0.29) is 11.4 Å². The van der Waals surface area contributed by atoms with Gasteiger partial charge in [-0.1, -0.05) is 48.5 Å². The topological polar surface area (TPSA) is 55.4 Å². The number of benzene rings is 3. The molecule has 0 aliphatic carbocycles. The summed E-state index contributed by atoms with van der Waals surface area (Å²) in [6.07, 6.45) is 0. The van der Waals surface area contributed by atoms with Crippen LogP contribution in [0.2, 0.25) is 0 Å². The Labute approximate surface area is 141 Å². The Hall–Kier alpha value is -2.63. The number of para-hydroxylation sites is 1. The quantitative estimate of drug-likeness (QED) is 0.739. The van der Waals surface area contributed by atoms with Crippen LogP contribution in [0.15, 0.2) is 89.8 Å². The molecule has 0 fully saturated rings. The molecular formula is C19H17NO3S. The third-order valence-electron chi connectivity index (χ3n) is 3.42. The molecule has 1 N–H and O–H groups in total. The summed E-state index contributed by atoms with van der Waals surface area (Å²) in [4.78, 5) is 0.207. The third kappa shape index (κ3) is 4.22. The average Bonchev–Trinajstić information content (AvgIpc) is 2.62. The molecule has 0 radical (unpaired) electrons. The summed E-state index contributed by atoms with van der Waals surface area (Å²) in [6.45, 7) is 0.255. The normalized spacial score (nSPS) is 11.2. The standard InChI is InChI=1S/C19H17NO3S/c21-24(22,20-15-16-7-3-1-4-8-16)19-13-11-18(12-14-19)23-17-9-5-2-6-10-17/h1-14,20H,15H2. The van der Waals surface area contributed by atoms with E-state index >= 15 is 0 Å². The second kappa shape index (κ2) is 7.29. The van der Waals surface area contributed by atoms with Crippen LogP contribution in [0.1, 0.15) is 5.56 Å². The molecule has 0 heterocycles. The van der Waals surface area contributed by atoms with Crippen molar-refractivity contribution in [3.63, 3.8) is 0 Å². The second-order valence-corrected chi connectivity index (χ2v) is 6.96. The summed E-state index contributed by atoms with van der Waals surface area (Å²) in [5.41, 5.74) is 0.908. The molecule has 0 atom stereocenters.